The topological polar surface area (TPSA) is 69.6 Å². The van der Waals surface area contributed by atoms with Gasteiger partial charge in [-0.05, 0) is 35.3 Å². The van der Waals surface area contributed by atoms with Gasteiger partial charge in [0.05, 0.1) is 6.04 Å². The summed E-state index contributed by atoms with van der Waals surface area (Å²) in [6.45, 7) is 4.23. The quantitative estimate of drug-likeness (QED) is 0.718. The summed E-state index contributed by atoms with van der Waals surface area (Å²) in [7, 11) is 0. The van der Waals surface area contributed by atoms with Crippen LogP contribution in [-0.2, 0) is 0 Å². The molecule has 1 heterocycles. The van der Waals surface area contributed by atoms with Gasteiger partial charge in [0.25, 0.3) is 0 Å². The minimum atomic E-state index is 0.286. The number of nitrogens with zero attached hydrogens (tertiary/aromatic N) is 4. The molecule has 74 valence electrons. The smallest absolute Gasteiger partial charge is 0.240 e. The highest BCUT2D eigenvalue weighted by atomic mass is 32.2. The molecule has 1 atom stereocenters. The highest BCUT2D eigenvalue weighted by Gasteiger charge is 2.09. The number of nitrogen functional groups attached to an aromatic ring is 1. The molecule has 1 aromatic heterocycles. The van der Waals surface area contributed by atoms with Crippen LogP contribution in [0.1, 0.15) is 26.3 Å². The summed E-state index contributed by atoms with van der Waals surface area (Å²) in [6, 6.07) is 0.286. The van der Waals surface area contributed by atoms with Crippen molar-refractivity contribution in [3.05, 3.63) is 0 Å². The van der Waals surface area contributed by atoms with Crippen LogP contribution in [0, 0.1) is 0 Å². The maximum atomic E-state index is 5.57. The molecule has 0 spiro atoms. The van der Waals surface area contributed by atoms with Gasteiger partial charge in [-0.15, -0.1) is 0 Å². The van der Waals surface area contributed by atoms with Crippen molar-refractivity contribution in [2.24, 2.45) is 0 Å². The predicted molar refractivity (Wildman–Crippen MR) is 54.6 cm³/mol. The van der Waals surface area contributed by atoms with E-state index in [1.165, 1.54) is 0 Å². The second-order valence-electron chi connectivity index (χ2n) is 2.82. The Balaban J connectivity index is 2.39. The Labute approximate surface area is 82.1 Å². The molecule has 0 saturated carbocycles. The zero-order valence-corrected chi connectivity index (χ0v) is 8.79. The number of hydrogen-bond acceptors (Lipinski definition) is 5. The lowest BCUT2D eigenvalue weighted by Crippen LogP contribution is -2.11. The molecule has 0 amide bonds. The fourth-order valence-corrected chi connectivity index (χ4v) is 1.83. The first-order valence-electron chi connectivity index (χ1n) is 4.36. The highest BCUT2D eigenvalue weighted by Crippen LogP contribution is 2.14. The lowest BCUT2D eigenvalue weighted by molar-refractivity contribution is 0.473. The van der Waals surface area contributed by atoms with Gasteiger partial charge in [-0.3, -0.25) is 0 Å². The molecule has 6 heteroatoms. The van der Waals surface area contributed by atoms with Crippen molar-refractivity contribution < 1.29 is 0 Å². The average molecular weight is 201 g/mol. The van der Waals surface area contributed by atoms with Crippen LogP contribution in [0.3, 0.4) is 0 Å². The van der Waals surface area contributed by atoms with Gasteiger partial charge in [0.15, 0.2) is 0 Å². The third-order valence-electron chi connectivity index (χ3n) is 1.82. The summed E-state index contributed by atoms with van der Waals surface area (Å²) in [4.78, 5) is 0. The second-order valence-corrected chi connectivity index (χ2v) is 4.21. The van der Waals surface area contributed by atoms with Crippen LogP contribution < -0.4 is 5.73 Å². The summed E-state index contributed by atoms with van der Waals surface area (Å²) in [5.74, 6) is 2.67. The second kappa shape index (κ2) is 5.06. The van der Waals surface area contributed by atoms with E-state index >= 15 is 0 Å². The van der Waals surface area contributed by atoms with Crippen LogP contribution in [0.4, 0.5) is 5.95 Å². The van der Waals surface area contributed by atoms with Crippen molar-refractivity contribution in [2.45, 2.75) is 26.3 Å². The molecule has 0 aromatic carbocycles. The van der Waals surface area contributed by atoms with E-state index in [2.05, 4.69) is 29.4 Å². The predicted octanol–water partition coefficient (Wildman–Crippen LogP) is 0.959. The summed E-state index contributed by atoms with van der Waals surface area (Å²) in [5.41, 5.74) is 5.57. The van der Waals surface area contributed by atoms with Crippen molar-refractivity contribution in [3.8, 4) is 0 Å². The Hall–Kier alpha value is -0.780. The van der Waals surface area contributed by atoms with Crippen LogP contribution in [0.5, 0.6) is 0 Å². The number of hydrogen-bond donors (Lipinski definition) is 1. The van der Waals surface area contributed by atoms with E-state index in [-0.39, 0.29) is 6.04 Å². The minimum absolute atomic E-state index is 0.286. The molecule has 1 aromatic rings. The average Bonchev–Trinajstić information content (AvgIpc) is 2.52. The van der Waals surface area contributed by atoms with Crippen LogP contribution in [0.2, 0.25) is 0 Å². The lowest BCUT2D eigenvalue weighted by atomic mass is 10.3. The van der Waals surface area contributed by atoms with E-state index in [1.807, 2.05) is 11.8 Å². The third kappa shape index (κ3) is 2.87. The molecule has 0 bridgehead atoms. The third-order valence-corrected chi connectivity index (χ3v) is 2.75. The number of aromatic nitrogens is 4. The van der Waals surface area contributed by atoms with E-state index in [9.17, 15) is 0 Å². The van der Waals surface area contributed by atoms with Crippen LogP contribution >= 0.6 is 11.8 Å². The van der Waals surface area contributed by atoms with Gasteiger partial charge in [-0.1, -0.05) is 12.0 Å². The van der Waals surface area contributed by atoms with E-state index in [0.29, 0.717) is 5.95 Å². The molecule has 2 N–H and O–H groups in total. The Morgan fingerprint density at radius 1 is 1.62 bits per heavy atom. The van der Waals surface area contributed by atoms with Crippen molar-refractivity contribution in [3.63, 3.8) is 0 Å². The molecule has 0 aliphatic heterocycles. The Kier molecular flexibility index (Phi) is 4.01. The molecule has 0 radical (unpaired) electrons. The van der Waals surface area contributed by atoms with Crippen molar-refractivity contribution >= 4 is 17.7 Å². The Morgan fingerprint density at radius 3 is 2.92 bits per heavy atom. The SMILES string of the molecule is CCSCCC(C)n1nnnc1N. The number of nitrogens with two attached hydrogens (primary N) is 1. The summed E-state index contributed by atoms with van der Waals surface area (Å²) < 4.78 is 1.66. The Bertz CT molecular complexity index is 249. The molecule has 13 heavy (non-hydrogen) atoms. The van der Waals surface area contributed by atoms with Gasteiger partial charge >= 0.3 is 0 Å². The lowest BCUT2D eigenvalue weighted by Gasteiger charge is -2.10. The molecule has 0 aliphatic rings. The van der Waals surface area contributed by atoms with Crippen LogP contribution in [0.25, 0.3) is 0 Å². The highest BCUT2D eigenvalue weighted by molar-refractivity contribution is 7.99. The van der Waals surface area contributed by atoms with E-state index in [0.717, 1.165) is 17.9 Å². The standard InChI is InChI=1S/C7H15N5S/c1-3-13-5-4-6(2)12-7(8)9-10-11-12/h6H,3-5H2,1-2H3,(H2,8,9,11). The van der Waals surface area contributed by atoms with E-state index in [1.54, 1.807) is 4.68 Å². The normalized spacial score (nSPS) is 13.1. The maximum Gasteiger partial charge on any atom is 0.240 e. The van der Waals surface area contributed by atoms with E-state index < -0.39 is 0 Å². The molecular weight excluding hydrogens is 186 g/mol. The van der Waals surface area contributed by atoms with Crippen molar-refractivity contribution in [2.75, 3.05) is 17.2 Å². The largest absolute Gasteiger partial charge is 0.367 e. The molecule has 1 unspecified atom stereocenters. The summed E-state index contributed by atoms with van der Waals surface area (Å²) in [6.07, 6.45) is 1.05. The number of thioether (sulfide) groups is 1. The molecular formula is C7H15N5S. The molecule has 1 rings (SSSR count). The molecule has 0 saturated heterocycles. The zero-order valence-electron chi connectivity index (χ0n) is 7.97. The van der Waals surface area contributed by atoms with Gasteiger partial charge in [0.1, 0.15) is 0 Å². The monoisotopic (exact) mass is 201 g/mol. The summed E-state index contributed by atoms with van der Waals surface area (Å²) >= 11 is 1.92. The van der Waals surface area contributed by atoms with Gasteiger partial charge in [-0.2, -0.15) is 11.8 Å². The fourth-order valence-electron chi connectivity index (χ4n) is 1.04. The molecule has 0 aliphatic carbocycles. The zero-order chi connectivity index (χ0) is 9.68. The van der Waals surface area contributed by atoms with Gasteiger partial charge in [0, 0.05) is 0 Å². The fraction of sp³-hybridized carbons (Fsp3) is 0.857. The van der Waals surface area contributed by atoms with Crippen LogP contribution in [-0.4, -0.2) is 31.7 Å². The molecule has 5 nitrogen and oxygen atoms in total. The number of tetrazole rings is 1. The first-order chi connectivity index (χ1) is 6.25. The summed E-state index contributed by atoms with van der Waals surface area (Å²) in [5, 5.41) is 11.0. The van der Waals surface area contributed by atoms with Crippen molar-refractivity contribution in [1.29, 1.82) is 0 Å². The van der Waals surface area contributed by atoms with Crippen LogP contribution in [0.15, 0.2) is 0 Å². The molecule has 0 fully saturated rings. The van der Waals surface area contributed by atoms with E-state index in [4.69, 9.17) is 5.73 Å². The van der Waals surface area contributed by atoms with Gasteiger partial charge in [0.2, 0.25) is 5.95 Å². The first kappa shape index (κ1) is 10.3. The van der Waals surface area contributed by atoms with Gasteiger partial charge in [-0.25, -0.2) is 4.68 Å². The minimum Gasteiger partial charge on any atom is -0.367 e. The first-order valence-corrected chi connectivity index (χ1v) is 5.52. The number of anilines is 1. The van der Waals surface area contributed by atoms with Crippen molar-refractivity contribution in [1.82, 2.24) is 20.2 Å². The maximum absolute atomic E-state index is 5.57. The van der Waals surface area contributed by atoms with Gasteiger partial charge < -0.3 is 5.73 Å². The Morgan fingerprint density at radius 2 is 2.38 bits per heavy atom. The number of rotatable bonds is 5.